The number of fused-ring (bicyclic) bond motifs is 3. The highest BCUT2D eigenvalue weighted by molar-refractivity contribution is 5.84. The summed E-state index contributed by atoms with van der Waals surface area (Å²) in [5.41, 5.74) is 5.25. The van der Waals surface area contributed by atoms with Crippen molar-refractivity contribution in [3.8, 4) is 11.1 Å². The van der Waals surface area contributed by atoms with Crippen molar-refractivity contribution in [2.75, 3.05) is 6.61 Å². The van der Waals surface area contributed by atoms with E-state index in [4.69, 9.17) is 9.15 Å². The van der Waals surface area contributed by atoms with E-state index in [-0.39, 0.29) is 24.1 Å². The fourth-order valence-electron chi connectivity index (χ4n) is 4.38. The third kappa shape index (κ3) is 4.28. The molecule has 7 heteroatoms. The number of amides is 1. The Morgan fingerprint density at radius 3 is 2.18 bits per heavy atom. The van der Waals surface area contributed by atoms with Gasteiger partial charge in [0.2, 0.25) is 5.89 Å². The number of hydrogen-bond acceptors (Lipinski definition) is 5. The molecule has 170 valence electrons. The van der Waals surface area contributed by atoms with Gasteiger partial charge in [-0.05, 0) is 27.8 Å². The molecule has 1 unspecified atom stereocenters. The maximum Gasteiger partial charge on any atom is 0.407 e. The number of nitrogens with one attached hydrogen (secondary N) is 1. The molecule has 1 aromatic heterocycles. The van der Waals surface area contributed by atoms with Gasteiger partial charge in [0.1, 0.15) is 18.9 Å². The van der Waals surface area contributed by atoms with Crippen molar-refractivity contribution in [3.05, 3.63) is 113 Å². The van der Waals surface area contributed by atoms with Gasteiger partial charge in [-0.25, -0.2) is 14.6 Å². The summed E-state index contributed by atoms with van der Waals surface area (Å²) in [6, 6.07) is 25.0. The number of carboxylic acid groups (broad SMARTS) is 1. The number of ether oxygens (including phenoxy) is 1. The average molecular weight is 454 g/mol. The molecule has 0 saturated heterocycles. The Bertz CT molecular complexity index is 1290. The van der Waals surface area contributed by atoms with Gasteiger partial charge in [-0.2, -0.15) is 0 Å². The topological polar surface area (TPSA) is 102 Å². The number of carbonyl (C=O) groups excluding carboxylic acids is 1. The molecule has 1 heterocycles. The number of oxazole rings is 1. The summed E-state index contributed by atoms with van der Waals surface area (Å²) in [7, 11) is 0. The first-order valence-electron chi connectivity index (χ1n) is 10.9. The zero-order valence-corrected chi connectivity index (χ0v) is 18.2. The van der Waals surface area contributed by atoms with Crippen LogP contribution in [0.2, 0.25) is 0 Å². The Labute approximate surface area is 196 Å². The molecule has 0 fully saturated rings. The molecule has 5 rings (SSSR count). The molecule has 1 atom stereocenters. The van der Waals surface area contributed by atoms with E-state index in [1.165, 1.54) is 0 Å². The number of aromatic nitrogens is 1. The summed E-state index contributed by atoms with van der Waals surface area (Å²) in [4.78, 5) is 28.1. The lowest BCUT2D eigenvalue weighted by molar-refractivity contribution is 0.0690. The van der Waals surface area contributed by atoms with Gasteiger partial charge in [0.15, 0.2) is 5.69 Å². The molecule has 34 heavy (non-hydrogen) atoms. The van der Waals surface area contributed by atoms with E-state index in [2.05, 4.69) is 34.6 Å². The smallest absolute Gasteiger partial charge is 0.407 e. The molecule has 7 nitrogen and oxygen atoms in total. The van der Waals surface area contributed by atoms with Crippen LogP contribution < -0.4 is 5.32 Å². The SMILES string of the molecule is O=C(NC(Cc1ccccc1)c1nc(C(=O)O)co1)OCC1c2ccccc2-c2ccccc21. The van der Waals surface area contributed by atoms with Crippen LogP contribution >= 0.6 is 0 Å². The fraction of sp³-hybridized carbons (Fsp3) is 0.148. The monoisotopic (exact) mass is 454 g/mol. The summed E-state index contributed by atoms with van der Waals surface area (Å²) in [6.07, 6.45) is 0.803. The number of rotatable bonds is 7. The van der Waals surface area contributed by atoms with Gasteiger partial charge in [-0.1, -0.05) is 78.9 Å². The number of carbonyl (C=O) groups is 2. The Balaban J connectivity index is 1.32. The summed E-state index contributed by atoms with van der Waals surface area (Å²) in [5.74, 6) is -1.16. The maximum absolute atomic E-state index is 12.8. The standard InChI is InChI=1S/C27H22N2O5/c30-26(31)24-16-33-25(28-24)23(14-17-8-2-1-3-9-17)29-27(32)34-15-22-20-12-6-4-10-18(20)19-11-5-7-13-21(19)22/h1-13,16,22-23H,14-15H2,(H,29,32)(H,30,31). The van der Waals surface area contributed by atoms with Gasteiger partial charge in [-0.15, -0.1) is 0 Å². The second-order valence-corrected chi connectivity index (χ2v) is 8.09. The maximum atomic E-state index is 12.8. The summed E-state index contributed by atoms with van der Waals surface area (Å²) < 4.78 is 11.0. The predicted molar refractivity (Wildman–Crippen MR) is 125 cm³/mol. The largest absolute Gasteiger partial charge is 0.476 e. The second-order valence-electron chi connectivity index (χ2n) is 8.09. The number of carboxylic acids is 1. The van der Waals surface area contributed by atoms with E-state index >= 15 is 0 Å². The molecule has 0 radical (unpaired) electrons. The fourth-order valence-corrected chi connectivity index (χ4v) is 4.38. The van der Waals surface area contributed by atoms with Crippen LogP contribution in [-0.4, -0.2) is 28.8 Å². The molecule has 0 spiro atoms. The summed E-state index contributed by atoms with van der Waals surface area (Å²) in [5, 5.41) is 12.0. The van der Waals surface area contributed by atoms with Gasteiger partial charge in [0.25, 0.3) is 0 Å². The van der Waals surface area contributed by atoms with Gasteiger partial charge >= 0.3 is 12.1 Å². The van der Waals surface area contributed by atoms with Gasteiger partial charge in [0, 0.05) is 12.3 Å². The minimum absolute atomic E-state index is 0.0638. The average Bonchev–Trinajstić information content (AvgIpc) is 3.47. The zero-order valence-electron chi connectivity index (χ0n) is 18.2. The number of alkyl carbamates (subject to hydrolysis) is 1. The number of nitrogens with zero attached hydrogens (tertiary/aromatic N) is 1. The van der Waals surface area contributed by atoms with Crippen molar-refractivity contribution in [3.63, 3.8) is 0 Å². The molecule has 1 aliphatic carbocycles. The minimum Gasteiger partial charge on any atom is -0.476 e. The Hall–Kier alpha value is -4.39. The van der Waals surface area contributed by atoms with Crippen LogP contribution in [0, 0.1) is 0 Å². The van der Waals surface area contributed by atoms with Crippen LogP contribution in [0.4, 0.5) is 4.79 Å². The van der Waals surface area contributed by atoms with E-state index in [1.54, 1.807) is 0 Å². The number of hydrogen-bond donors (Lipinski definition) is 2. The molecular weight excluding hydrogens is 432 g/mol. The van der Waals surface area contributed by atoms with Gasteiger partial charge in [-0.3, -0.25) is 0 Å². The lowest BCUT2D eigenvalue weighted by Crippen LogP contribution is -2.31. The predicted octanol–water partition coefficient (Wildman–Crippen LogP) is 5.20. The van der Waals surface area contributed by atoms with Crippen LogP contribution in [-0.2, 0) is 11.2 Å². The van der Waals surface area contributed by atoms with E-state index in [1.807, 2.05) is 54.6 Å². The summed E-state index contributed by atoms with van der Waals surface area (Å²) >= 11 is 0. The lowest BCUT2D eigenvalue weighted by Gasteiger charge is -2.18. The Morgan fingerprint density at radius 1 is 0.941 bits per heavy atom. The Morgan fingerprint density at radius 2 is 1.56 bits per heavy atom. The first kappa shape index (κ1) is 21.5. The third-order valence-electron chi connectivity index (χ3n) is 5.96. The molecule has 1 aliphatic rings. The van der Waals surface area contributed by atoms with Crippen molar-refractivity contribution >= 4 is 12.1 Å². The normalized spacial score (nSPS) is 13.1. The van der Waals surface area contributed by atoms with Crippen molar-refractivity contribution < 1.29 is 23.8 Å². The molecule has 0 saturated carbocycles. The van der Waals surface area contributed by atoms with Crippen LogP contribution in [0.1, 0.15) is 45.0 Å². The third-order valence-corrected chi connectivity index (χ3v) is 5.96. The van der Waals surface area contributed by atoms with Crippen LogP contribution in [0.5, 0.6) is 0 Å². The molecule has 0 aliphatic heterocycles. The van der Waals surface area contributed by atoms with Crippen LogP contribution in [0.25, 0.3) is 11.1 Å². The van der Waals surface area contributed by atoms with E-state index < -0.39 is 18.1 Å². The molecular formula is C27H22N2O5. The highest BCUT2D eigenvalue weighted by Gasteiger charge is 2.30. The molecule has 0 bridgehead atoms. The molecule has 4 aromatic rings. The van der Waals surface area contributed by atoms with E-state index in [0.717, 1.165) is 34.1 Å². The van der Waals surface area contributed by atoms with Crippen molar-refractivity contribution in [1.82, 2.24) is 10.3 Å². The van der Waals surface area contributed by atoms with Crippen LogP contribution in [0.15, 0.2) is 89.5 Å². The second kappa shape index (κ2) is 9.23. The van der Waals surface area contributed by atoms with Crippen molar-refractivity contribution in [2.24, 2.45) is 0 Å². The van der Waals surface area contributed by atoms with Gasteiger partial charge < -0.3 is 19.6 Å². The lowest BCUT2D eigenvalue weighted by atomic mass is 9.98. The minimum atomic E-state index is -1.20. The van der Waals surface area contributed by atoms with Crippen molar-refractivity contribution in [1.29, 1.82) is 0 Å². The first-order valence-corrected chi connectivity index (χ1v) is 10.9. The van der Waals surface area contributed by atoms with Crippen LogP contribution in [0.3, 0.4) is 0 Å². The quantitative estimate of drug-likeness (QED) is 0.398. The van der Waals surface area contributed by atoms with Gasteiger partial charge in [0.05, 0.1) is 0 Å². The zero-order chi connectivity index (χ0) is 23.5. The first-order chi connectivity index (χ1) is 16.6. The number of benzene rings is 3. The molecule has 2 N–H and O–H groups in total. The Kier molecular flexibility index (Phi) is 5.82. The molecule has 1 amide bonds. The highest BCUT2D eigenvalue weighted by Crippen LogP contribution is 2.44. The van der Waals surface area contributed by atoms with E-state index in [9.17, 15) is 14.7 Å². The number of aromatic carboxylic acids is 1. The van der Waals surface area contributed by atoms with Crippen molar-refractivity contribution in [2.45, 2.75) is 18.4 Å². The highest BCUT2D eigenvalue weighted by atomic mass is 16.5. The van der Waals surface area contributed by atoms with E-state index in [0.29, 0.717) is 6.42 Å². The molecule has 3 aromatic carbocycles. The summed E-state index contributed by atoms with van der Waals surface area (Å²) in [6.45, 7) is 0.171.